The molecule has 0 bridgehead atoms. The zero-order valence-electron chi connectivity index (χ0n) is 15.4. The van der Waals surface area contributed by atoms with Crippen molar-refractivity contribution >= 4 is 21.6 Å². The highest BCUT2D eigenvalue weighted by molar-refractivity contribution is 7.89. The van der Waals surface area contributed by atoms with E-state index in [1.807, 2.05) is 0 Å². The largest absolute Gasteiger partial charge is 0.311 e. The van der Waals surface area contributed by atoms with Crippen LogP contribution in [0.1, 0.15) is 18.4 Å². The summed E-state index contributed by atoms with van der Waals surface area (Å²) < 4.78 is 67.7. The predicted octanol–water partition coefficient (Wildman–Crippen LogP) is 3.09. The van der Waals surface area contributed by atoms with Crippen molar-refractivity contribution < 1.29 is 26.4 Å². The molecule has 0 saturated carbocycles. The third-order valence-corrected chi connectivity index (χ3v) is 7.34. The normalized spacial score (nSPS) is 20.0. The van der Waals surface area contributed by atoms with Crippen LogP contribution in [0.15, 0.2) is 41.3 Å². The van der Waals surface area contributed by atoms with E-state index >= 15 is 0 Å². The molecule has 154 valence electrons. The number of amides is 1. The SMILES string of the molecule is O=C(C1CCCN(S(=O)(=O)c2ccc(F)cc2)C1)N1CCc2c(F)cc(F)cc21. The number of carbonyl (C=O) groups excluding carboxylic acids is 1. The second-order valence-electron chi connectivity index (χ2n) is 7.28. The second-order valence-corrected chi connectivity index (χ2v) is 9.22. The molecular formula is C20H19F3N2O3S. The first-order chi connectivity index (χ1) is 13.8. The fourth-order valence-corrected chi connectivity index (χ4v) is 5.51. The zero-order valence-corrected chi connectivity index (χ0v) is 16.3. The van der Waals surface area contributed by atoms with Crippen molar-refractivity contribution in [3.05, 3.63) is 59.4 Å². The molecule has 2 aromatic rings. The van der Waals surface area contributed by atoms with Crippen molar-refractivity contribution in [1.29, 1.82) is 0 Å². The van der Waals surface area contributed by atoms with Gasteiger partial charge in [-0.15, -0.1) is 0 Å². The Hall–Kier alpha value is -2.39. The number of anilines is 1. The second kappa shape index (κ2) is 7.46. The molecule has 9 heteroatoms. The number of carbonyl (C=O) groups is 1. The molecule has 0 aliphatic carbocycles. The summed E-state index contributed by atoms with van der Waals surface area (Å²) in [5, 5.41) is 0. The highest BCUT2D eigenvalue weighted by Gasteiger charge is 2.37. The van der Waals surface area contributed by atoms with E-state index < -0.39 is 33.4 Å². The van der Waals surface area contributed by atoms with Gasteiger partial charge in [-0.1, -0.05) is 0 Å². The van der Waals surface area contributed by atoms with Crippen molar-refractivity contribution in [2.24, 2.45) is 5.92 Å². The minimum atomic E-state index is -3.87. The van der Waals surface area contributed by atoms with Gasteiger partial charge in [-0.25, -0.2) is 21.6 Å². The average molecular weight is 424 g/mol. The van der Waals surface area contributed by atoms with Crippen LogP contribution in [-0.4, -0.2) is 38.3 Å². The van der Waals surface area contributed by atoms with Crippen LogP contribution in [0.5, 0.6) is 0 Å². The van der Waals surface area contributed by atoms with Crippen LogP contribution in [-0.2, 0) is 21.2 Å². The Labute approximate surface area is 166 Å². The lowest BCUT2D eigenvalue weighted by molar-refractivity contribution is -0.123. The number of halogens is 3. The van der Waals surface area contributed by atoms with Gasteiger partial charge in [-0.2, -0.15) is 4.31 Å². The maximum atomic E-state index is 14.0. The molecule has 0 N–H and O–H groups in total. The summed E-state index contributed by atoms with van der Waals surface area (Å²) >= 11 is 0. The number of piperidine rings is 1. The van der Waals surface area contributed by atoms with E-state index in [1.54, 1.807) is 0 Å². The van der Waals surface area contributed by atoms with Gasteiger partial charge in [0.2, 0.25) is 15.9 Å². The van der Waals surface area contributed by atoms with Crippen LogP contribution in [0.3, 0.4) is 0 Å². The summed E-state index contributed by atoms with van der Waals surface area (Å²) in [5.74, 6) is -2.93. The standard InChI is InChI=1S/C20H19F3N2O3S/c21-14-3-5-16(6-4-14)29(27,28)24-8-1-2-13(12-24)20(26)25-9-7-17-18(23)10-15(22)11-19(17)25/h3-6,10-11,13H,1-2,7-9,12H2. The average Bonchev–Trinajstić information content (AvgIpc) is 3.12. The van der Waals surface area contributed by atoms with Crippen LogP contribution in [0.4, 0.5) is 18.9 Å². The van der Waals surface area contributed by atoms with Crippen molar-refractivity contribution in [1.82, 2.24) is 4.31 Å². The van der Waals surface area contributed by atoms with Gasteiger partial charge < -0.3 is 4.90 Å². The maximum absolute atomic E-state index is 14.0. The molecule has 2 aromatic carbocycles. The fraction of sp³-hybridized carbons (Fsp3) is 0.350. The number of rotatable bonds is 3. The first-order valence-electron chi connectivity index (χ1n) is 9.32. The molecule has 1 fully saturated rings. The Morgan fingerprint density at radius 2 is 1.72 bits per heavy atom. The van der Waals surface area contributed by atoms with Crippen LogP contribution < -0.4 is 4.90 Å². The Morgan fingerprint density at radius 3 is 2.45 bits per heavy atom. The fourth-order valence-electron chi connectivity index (χ4n) is 3.99. The molecule has 1 atom stereocenters. The zero-order chi connectivity index (χ0) is 20.8. The highest BCUT2D eigenvalue weighted by atomic mass is 32.2. The third kappa shape index (κ3) is 3.64. The first-order valence-corrected chi connectivity index (χ1v) is 10.8. The van der Waals surface area contributed by atoms with E-state index in [0.717, 1.165) is 24.3 Å². The molecule has 1 unspecified atom stereocenters. The molecule has 2 aliphatic rings. The van der Waals surface area contributed by atoms with Gasteiger partial charge in [0.15, 0.2) is 0 Å². The number of fused-ring (bicyclic) bond motifs is 1. The summed E-state index contributed by atoms with van der Waals surface area (Å²) in [4.78, 5) is 14.4. The number of nitrogens with zero attached hydrogens (tertiary/aromatic N) is 2. The van der Waals surface area contributed by atoms with E-state index in [9.17, 15) is 26.4 Å². The number of benzene rings is 2. The van der Waals surface area contributed by atoms with Gasteiger partial charge in [0, 0.05) is 31.3 Å². The maximum Gasteiger partial charge on any atom is 0.243 e. The molecule has 5 nitrogen and oxygen atoms in total. The third-order valence-electron chi connectivity index (χ3n) is 5.46. The monoisotopic (exact) mass is 424 g/mol. The molecule has 0 spiro atoms. The molecule has 4 rings (SSSR count). The topological polar surface area (TPSA) is 57.7 Å². The molecule has 29 heavy (non-hydrogen) atoms. The van der Waals surface area contributed by atoms with Gasteiger partial charge in [0.05, 0.1) is 16.5 Å². The van der Waals surface area contributed by atoms with Crippen molar-refractivity contribution in [3.8, 4) is 0 Å². The Balaban J connectivity index is 1.55. The Morgan fingerprint density at radius 1 is 1.00 bits per heavy atom. The number of sulfonamides is 1. The number of hydrogen-bond donors (Lipinski definition) is 0. The van der Waals surface area contributed by atoms with E-state index in [2.05, 4.69) is 0 Å². The van der Waals surface area contributed by atoms with Crippen LogP contribution in [0.25, 0.3) is 0 Å². The molecule has 2 heterocycles. The smallest absolute Gasteiger partial charge is 0.243 e. The predicted molar refractivity (Wildman–Crippen MR) is 100 cm³/mol. The van der Waals surface area contributed by atoms with Crippen LogP contribution >= 0.6 is 0 Å². The lowest BCUT2D eigenvalue weighted by Gasteiger charge is -2.33. The molecule has 1 amide bonds. The van der Waals surface area contributed by atoms with Crippen molar-refractivity contribution in [3.63, 3.8) is 0 Å². The summed E-state index contributed by atoms with van der Waals surface area (Å²) in [5.41, 5.74) is 0.511. The van der Waals surface area contributed by atoms with Gasteiger partial charge >= 0.3 is 0 Å². The summed E-state index contributed by atoms with van der Waals surface area (Å²) in [6, 6.07) is 6.47. The minimum Gasteiger partial charge on any atom is -0.311 e. The lowest BCUT2D eigenvalue weighted by Crippen LogP contribution is -2.46. The molecule has 0 radical (unpaired) electrons. The van der Waals surface area contributed by atoms with Crippen LogP contribution in [0.2, 0.25) is 0 Å². The van der Waals surface area contributed by atoms with E-state index in [1.165, 1.54) is 21.3 Å². The van der Waals surface area contributed by atoms with E-state index in [4.69, 9.17) is 0 Å². The Kier molecular flexibility index (Phi) is 5.12. The molecule has 0 aromatic heterocycles. The Bertz CT molecular complexity index is 1060. The molecular weight excluding hydrogens is 405 g/mol. The quantitative estimate of drug-likeness (QED) is 0.761. The summed E-state index contributed by atoms with van der Waals surface area (Å²) in [7, 11) is -3.87. The molecule has 2 aliphatic heterocycles. The van der Waals surface area contributed by atoms with Gasteiger partial charge in [-0.05, 0) is 49.6 Å². The summed E-state index contributed by atoms with van der Waals surface area (Å²) in [6.07, 6.45) is 1.25. The molecule has 1 saturated heterocycles. The lowest BCUT2D eigenvalue weighted by atomic mass is 9.98. The first kappa shape index (κ1) is 19.9. The summed E-state index contributed by atoms with van der Waals surface area (Å²) in [6.45, 7) is 0.460. The van der Waals surface area contributed by atoms with E-state index in [-0.39, 0.29) is 42.5 Å². The van der Waals surface area contributed by atoms with Crippen LogP contribution in [0, 0.1) is 23.4 Å². The van der Waals surface area contributed by atoms with Crippen molar-refractivity contribution in [2.75, 3.05) is 24.5 Å². The minimum absolute atomic E-state index is 0.0256. The van der Waals surface area contributed by atoms with E-state index in [0.29, 0.717) is 18.4 Å². The number of hydrogen-bond acceptors (Lipinski definition) is 3. The van der Waals surface area contributed by atoms with Gasteiger partial charge in [0.25, 0.3) is 0 Å². The van der Waals surface area contributed by atoms with Crippen molar-refractivity contribution in [2.45, 2.75) is 24.2 Å². The van der Waals surface area contributed by atoms with Gasteiger partial charge in [0.1, 0.15) is 17.5 Å². The highest BCUT2D eigenvalue weighted by Crippen LogP contribution is 2.34. The van der Waals surface area contributed by atoms with Gasteiger partial charge in [-0.3, -0.25) is 4.79 Å².